The van der Waals surface area contributed by atoms with E-state index >= 15 is 0 Å². The highest BCUT2D eigenvalue weighted by Crippen LogP contribution is 2.25. The average molecular weight is 285 g/mol. The molecule has 6 heteroatoms. The van der Waals surface area contributed by atoms with Crippen molar-refractivity contribution in [2.75, 3.05) is 13.1 Å². The summed E-state index contributed by atoms with van der Waals surface area (Å²) in [6.45, 7) is 4.27. The molecule has 1 aliphatic carbocycles. The maximum absolute atomic E-state index is 12.1. The zero-order valence-corrected chi connectivity index (χ0v) is 12.2. The minimum Gasteiger partial charge on any atom is -0.363 e. The molecule has 1 fully saturated rings. The van der Waals surface area contributed by atoms with Gasteiger partial charge in [0.15, 0.2) is 0 Å². The molecule has 0 aliphatic heterocycles. The molecule has 0 spiro atoms. The summed E-state index contributed by atoms with van der Waals surface area (Å²) in [5, 5.41) is 3.24. The third-order valence-electron chi connectivity index (χ3n) is 3.56. The van der Waals surface area contributed by atoms with Gasteiger partial charge in [-0.25, -0.2) is 13.1 Å². The Hall–Kier alpha value is -0.850. The Morgan fingerprint density at radius 1 is 1.42 bits per heavy atom. The van der Waals surface area contributed by atoms with Crippen LogP contribution in [-0.2, 0) is 16.6 Å². The van der Waals surface area contributed by atoms with E-state index in [1.807, 2.05) is 0 Å². The van der Waals surface area contributed by atoms with E-state index in [-0.39, 0.29) is 0 Å². The smallest absolute Gasteiger partial charge is 0.242 e. The van der Waals surface area contributed by atoms with Crippen LogP contribution < -0.4 is 10.0 Å². The molecule has 0 aromatic carbocycles. The Labute approximate surface area is 115 Å². The van der Waals surface area contributed by atoms with Crippen LogP contribution in [0.3, 0.4) is 0 Å². The second-order valence-electron chi connectivity index (χ2n) is 5.19. The van der Waals surface area contributed by atoms with Gasteiger partial charge in [-0.15, -0.1) is 0 Å². The Bertz CT molecular complexity index is 492. The summed E-state index contributed by atoms with van der Waals surface area (Å²) in [5.74, 6) is 0.527. The summed E-state index contributed by atoms with van der Waals surface area (Å²) in [6, 6.07) is 1.70. The van der Waals surface area contributed by atoms with Crippen LogP contribution in [0, 0.1) is 5.92 Å². The lowest BCUT2D eigenvalue weighted by atomic mass is 9.86. The van der Waals surface area contributed by atoms with E-state index < -0.39 is 10.0 Å². The van der Waals surface area contributed by atoms with Crippen molar-refractivity contribution in [1.82, 2.24) is 15.0 Å². The van der Waals surface area contributed by atoms with Gasteiger partial charge in [0, 0.05) is 25.0 Å². The fourth-order valence-electron chi connectivity index (χ4n) is 2.08. The summed E-state index contributed by atoms with van der Waals surface area (Å²) < 4.78 is 26.8. The molecule has 1 aromatic heterocycles. The molecule has 5 nitrogen and oxygen atoms in total. The second kappa shape index (κ2) is 6.54. The Balaban J connectivity index is 1.88. The van der Waals surface area contributed by atoms with E-state index in [1.54, 1.807) is 12.3 Å². The first-order valence-corrected chi connectivity index (χ1v) is 8.48. The maximum atomic E-state index is 12.1. The third kappa shape index (κ3) is 4.06. The van der Waals surface area contributed by atoms with Crippen molar-refractivity contribution in [3.8, 4) is 0 Å². The number of aromatic amines is 1. The summed E-state index contributed by atoms with van der Waals surface area (Å²) >= 11 is 0. The van der Waals surface area contributed by atoms with Crippen LogP contribution in [0.1, 0.15) is 38.3 Å². The van der Waals surface area contributed by atoms with E-state index in [9.17, 15) is 8.42 Å². The normalized spacial score (nSPS) is 16.5. The van der Waals surface area contributed by atoms with E-state index in [0.717, 1.165) is 31.5 Å². The van der Waals surface area contributed by atoms with Crippen molar-refractivity contribution in [2.45, 2.75) is 44.0 Å². The fraction of sp³-hybridized carbons (Fsp3) is 0.692. The van der Waals surface area contributed by atoms with Gasteiger partial charge in [-0.1, -0.05) is 13.3 Å². The lowest BCUT2D eigenvalue weighted by molar-refractivity contribution is 0.316. The molecule has 0 amide bonds. The van der Waals surface area contributed by atoms with Gasteiger partial charge in [-0.05, 0) is 37.8 Å². The lowest BCUT2D eigenvalue weighted by Crippen LogP contribution is -2.32. The van der Waals surface area contributed by atoms with Crippen molar-refractivity contribution in [1.29, 1.82) is 0 Å². The summed E-state index contributed by atoms with van der Waals surface area (Å²) in [6.07, 6.45) is 6.13. The van der Waals surface area contributed by atoms with Crippen LogP contribution in [0.15, 0.2) is 17.2 Å². The van der Waals surface area contributed by atoms with Crippen molar-refractivity contribution in [3.05, 3.63) is 18.0 Å². The number of hydrogen-bond acceptors (Lipinski definition) is 3. The van der Waals surface area contributed by atoms with Gasteiger partial charge in [0.05, 0.1) is 4.90 Å². The summed E-state index contributed by atoms with van der Waals surface area (Å²) in [7, 11) is -3.35. The lowest BCUT2D eigenvalue weighted by Gasteiger charge is -2.25. The molecule has 0 radical (unpaired) electrons. The molecule has 0 saturated heterocycles. The topological polar surface area (TPSA) is 74.0 Å². The highest BCUT2D eigenvalue weighted by molar-refractivity contribution is 7.89. The van der Waals surface area contributed by atoms with Crippen LogP contribution in [-0.4, -0.2) is 26.5 Å². The van der Waals surface area contributed by atoms with E-state index in [2.05, 4.69) is 21.9 Å². The van der Waals surface area contributed by atoms with Crippen LogP contribution >= 0.6 is 0 Å². The second-order valence-corrected chi connectivity index (χ2v) is 6.95. The number of hydrogen-bond donors (Lipinski definition) is 3. The molecule has 19 heavy (non-hydrogen) atoms. The van der Waals surface area contributed by atoms with Crippen molar-refractivity contribution in [3.63, 3.8) is 0 Å². The predicted octanol–water partition coefficient (Wildman–Crippen LogP) is 1.59. The molecule has 1 aromatic rings. The Kier molecular flexibility index (Phi) is 5.01. The van der Waals surface area contributed by atoms with Crippen LogP contribution in [0.2, 0.25) is 0 Å². The number of rotatable bonds is 8. The summed E-state index contributed by atoms with van der Waals surface area (Å²) in [4.78, 5) is 3.34. The molecule has 0 unspecified atom stereocenters. The number of nitrogens with one attached hydrogen (secondary N) is 3. The molecular formula is C13H23N3O2S. The molecule has 1 heterocycles. The Morgan fingerprint density at radius 2 is 2.21 bits per heavy atom. The molecule has 3 N–H and O–H groups in total. The SMILES string of the molecule is CCCNCc1cc(S(=O)(=O)NCC2CCC2)c[nH]1. The number of aromatic nitrogens is 1. The maximum Gasteiger partial charge on any atom is 0.242 e. The first-order valence-electron chi connectivity index (χ1n) is 6.99. The molecule has 0 bridgehead atoms. The van der Waals surface area contributed by atoms with Gasteiger partial charge >= 0.3 is 0 Å². The average Bonchev–Trinajstić information content (AvgIpc) is 2.76. The van der Waals surface area contributed by atoms with Gasteiger partial charge < -0.3 is 10.3 Å². The van der Waals surface area contributed by atoms with Crippen molar-refractivity contribution < 1.29 is 8.42 Å². The minimum absolute atomic E-state index is 0.333. The first-order chi connectivity index (χ1) is 9.12. The third-order valence-corrected chi connectivity index (χ3v) is 4.96. The van der Waals surface area contributed by atoms with Crippen molar-refractivity contribution >= 4 is 10.0 Å². The van der Waals surface area contributed by atoms with Crippen LogP contribution in [0.5, 0.6) is 0 Å². The fourth-order valence-corrected chi connectivity index (χ4v) is 3.22. The van der Waals surface area contributed by atoms with Gasteiger partial charge in [-0.3, -0.25) is 0 Å². The van der Waals surface area contributed by atoms with Gasteiger partial charge in [0.25, 0.3) is 0 Å². The molecular weight excluding hydrogens is 262 g/mol. The predicted molar refractivity (Wildman–Crippen MR) is 75.3 cm³/mol. The van der Waals surface area contributed by atoms with Crippen LogP contribution in [0.25, 0.3) is 0 Å². The van der Waals surface area contributed by atoms with E-state index in [4.69, 9.17) is 0 Å². The minimum atomic E-state index is -3.35. The monoisotopic (exact) mass is 285 g/mol. The van der Waals surface area contributed by atoms with Gasteiger partial charge in [0.1, 0.15) is 0 Å². The zero-order chi connectivity index (χ0) is 13.7. The molecule has 0 atom stereocenters. The molecule has 108 valence electrons. The molecule has 1 saturated carbocycles. The van der Waals surface area contributed by atoms with Crippen LogP contribution in [0.4, 0.5) is 0 Å². The summed E-state index contributed by atoms with van der Waals surface area (Å²) in [5.41, 5.74) is 0.900. The van der Waals surface area contributed by atoms with E-state index in [0.29, 0.717) is 23.9 Å². The largest absolute Gasteiger partial charge is 0.363 e. The molecule has 2 rings (SSSR count). The highest BCUT2D eigenvalue weighted by Gasteiger charge is 2.21. The van der Waals surface area contributed by atoms with Gasteiger partial charge in [-0.2, -0.15) is 0 Å². The number of sulfonamides is 1. The number of H-pyrrole nitrogens is 1. The standard InChI is InChI=1S/C13H23N3O2S/c1-2-6-14-9-12-7-13(10-15-12)19(17,18)16-8-11-4-3-5-11/h7,10-11,14-16H,2-6,8-9H2,1H3. The highest BCUT2D eigenvalue weighted by atomic mass is 32.2. The molecule has 1 aliphatic rings. The van der Waals surface area contributed by atoms with Crippen molar-refractivity contribution in [2.24, 2.45) is 5.92 Å². The quantitative estimate of drug-likeness (QED) is 0.635. The van der Waals surface area contributed by atoms with E-state index in [1.165, 1.54) is 6.42 Å². The van der Waals surface area contributed by atoms with Gasteiger partial charge in [0.2, 0.25) is 10.0 Å². The first kappa shape index (κ1) is 14.6. The Morgan fingerprint density at radius 3 is 2.84 bits per heavy atom. The zero-order valence-electron chi connectivity index (χ0n) is 11.4.